The van der Waals surface area contributed by atoms with Crippen molar-refractivity contribution in [3.8, 4) is 17.6 Å². The van der Waals surface area contributed by atoms with Gasteiger partial charge >= 0.3 is 0 Å². The monoisotopic (exact) mass is 603 g/mol. The Hall–Kier alpha value is -3.70. The fourth-order valence-corrected chi connectivity index (χ4v) is 6.12. The summed E-state index contributed by atoms with van der Waals surface area (Å²) in [7, 11) is 0. The number of nitrogens with one attached hydrogen (secondary N) is 1. The van der Waals surface area contributed by atoms with E-state index in [9.17, 15) is 14.9 Å². The van der Waals surface area contributed by atoms with Crippen molar-refractivity contribution in [3.05, 3.63) is 75.9 Å². The van der Waals surface area contributed by atoms with Gasteiger partial charge < -0.3 is 14.8 Å². The van der Waals surface area contributed by atoms with Crippen LogP contribution in [0.25, 0.3) is 0 Å². The summed E-state index contributed by atoms with van der Waals surface area (Å²) in [6, 6.07) is 13.6. The number of amides is 1. The van der Waals surface area contributed by atoms with Gasteiger partial charge in [-0.2, -0.15) is 5.26 Å². The first-order valence-corrected chi connectivity index (χ1v) is 14.4. The number of allylic oxidation sites excluding steroid dienone is 2. The second-order valence-electron chi connectivity index (χ2n) is 10.1. The molecule has 3 unspecified atom stereocenters. The molecule has 0 saturated carbocycles. The second kappa shape index (κ2) is 13.1. The van der Waals surface area contributed by atoms with Crippen molar-refractivity contribution >= 4 is 39.0 Å². The third-order valence-electron chi connectivity index (χ3n) is 7.33. The number of anilines is 1. The molecular formula is C32H34BrN3O4. The van der Waals surface area contributed by atoms with E-state index in [1.54, 1.807) is 6.07 Å². The molecule has 0 aromatic heterocycles. The molecule has 4 rings (SSSR count). The van der Waals surface area contributed by atoms with Gasteiger partial charge in [0, 0.05) is 40.6 Å². The molecule has 2 aromatic carbocycles. The molecule has 208 valence electrons. The standard InChI is InChI=1S/C32H34BrN3O4/c1-5-10-20-13-26-31(27(37)14-20)30(23(17-34)19(4)35-26)22-15-24(33)32(28(16-22)39-7-3)40-18-21-11-8-9-12-25(21)36-29(38)6-2/h6,8-9,11-12,15-16,20,23,30H,2,5,7,10,13-14,18H2,1,3-4H3,(H,36,38). The maximum Gasteiger partial charge on any atom is 0.247 e. The lowest BCUT2D eigenvalue weighted by Gasteiger charge is -2.35. The fraction of sp³-hybridized carbons (Fsp3) is 0.375. The molecule has 8 heteroatoms. The summed E-state index contributed by atoms with van der Waals surface area (Å²) in [6.45, 7) is 9.97. The van der Waals surface area contributed by atoms with Crippen LogP contribution in [0.1, 0.15) is 63.5 Å². The van der Waals surface area contributed by atoms with Crippen molar-refractivity contribution in [1.29, 1.82) is 5.26 Å². The molecule has 0 saturated heterocycles. The van der Waals surface area contributed by atoms with Crippen molar-refractivity contribution < 1.29 is 19.1 Å². The number of rotatable bonds is 10. The van der Waals surface area contributed by atoms with E-state index < -0.39 is 11.8 Å². The number of nitriles is 1. The largest absolute Gasteiger partial charge is 0.490 e. The van der Waals surface area contributed by atoms with Gasteiger partial charge in [0.2, 0.25) is 5.91 Å². The zero-order chi connectivity index (χ0) is 28.8. The van der Waals surface area contributed by atoms with Crippen LogP contribution in [0, 0.1) is 23.2 Å². The third kappa shape index (κ3) is 6.20. The molecule has 0 spiro atoms. The van der Waals surface area contributed by atoms with Crippen molar-refractivity contribution in [2.75, 3.05) is 11.9 Å². The van der Waals surface area contributed by atoms with Gasteiger partial charge in [-0.1, -0.05) is 38.1 Å². The molecule has 0 radical (unpaired) electrons. The van der Waals surface area contributed by atoms with Crippen LogP contribution in [0.5, 0.6) is 11.5 Å². The smallest absolute Gasteiger partial charge is 0.247 e. The van der Waals surface area contributed by atoms with Crippen molar-refractivity contribution in [1.82, 2.24) is 0 Å². The summed E-state index contributed by atoms with van der Waals surface area (Å²) >= 11 is 3.67. The Kier molecular flexibility index (Phi) is 9.59. The van der Waals surface area contributed by atoms with E-state index in [1.807, 2.05) is 44.2 Å². The fourth-order valence-electron chi connectivity index (χ4n) is 5.55. The number of carbonyl (C=O) groups is 2. The number of hydrogen-bond acceptors (Lipinski definition) is 6. The number of nitrogens with zero attached hydrogens (tertiary/aromatic N) is 2. The first-order valence-electron chi connectivity index (χ1n) is 13.6. The highest BCUT2D eigenvalue weighted by molar-refractivity contribution is 9.10. The van der Waals surface area contributed by atoms with Gasteiger partial charge in [-0.25, -0.2) is 0 Å². The highest BCUT2D eigenvalue weighted by Gasteiger charge is 2.41. The molecule has 1 heterocycles. The Morgan fingerprint density at radius 2 is 2.02 bits per heavy atom. The number of carbonyl (C=O) groups excluding carboxylic acids is 2. The molecule has 1 aliphatic heterocycles. The van der Waals surface area contributed by atoms with Gasteiger partial charge in [-0.05, 0) is 78.4 Å². The zero-order valence-corrected chi connectivity index (χ0v) is 24.7. The summed E-state index contributed by atoms with van der Waals surface area (Å²) in [5.74, 6) is 0.0636. The molecule has 0 bridgehead atoms. The second-order valence-corrected chi connectivity index (χ2v) is 10.9. The molecule has 1 amide bonds. The highest BCUT2D eigenvalue weighted by Crippen LogP contribution is 2.48. The molecule has 3 atom stereocenters. The number of hydrogen-bond donors (Lipinski definition) is 1. The quantitative estimate of drug-likeness (QED) is 0.287. The van der Waals surface area contributed by atoms with E-state index in [2.05, 4.69) is 40.8 Å². The molecule has 1 aliphatic carbocycles. The summed E-state index contributed by atoms with van der Waals surface area (Å²) in [5, 5.41) is 13.0. The Morgan fingerprint density at radius 3 is 2.73 bits per heavy atom. The molecule has 1 N–H and O–H groups in total. The lowest BCUT2D eigenvalue weighted by molar-refractivity contribution is -0.117. The van der Waals surface area contributed by atoms with Crippen LogP contribution >= 0.6 is 15.9 Å². The topological polar surface area (TPSA) is 101 Å². The van der Waals surface area contributed by atoms with Crippen LogP contribution in [-0.4, -0.2) is 24.0 Å². The van der Waals surface area contributed by atoms with Crippen molar-refractivity contribution in [2.45, 2.75) is 59.0 Å². The van der Waals surface area contributed by atoms with Crippen LogP contribution in [0.2, 0.25) is 0 Å². The maximum absolute atomic E-state index is 13.5. The number of ketones is 1. The van der Waals surface area contributed by atoms with Gasteiger partial charge in [0.1, 0.15) is 6.61 Å². The third-order valence-corrected chi connectivity index (χ3v) is 7.92. The predicted molar refractivity (Wildman–Crippen MR) is 160 cm³/mol. The predicted octanol–water partition coefficient (Wildman–Crippen LogP) is 7.28. The minimum Gasteiger partial charge on any atom is -0.490 e. The van der Waals surface area contributed by atoms with Crippen LogP contribution in [0.4, 0.5) is 5.69 Å². The lowest BCUT2D eigenvalue weighted by atomic mass is 9.70. The van der Waals surface area contributed by atoms with Crippen molar-refractivity contribution in [3.63, 3.8) is 0 Å². The van der Waals surface area contributed by atoms with Crippen LogP contribution in [0.3, 0.4) is 0 Å². The first-order chi connectivity index (χ1) is 19.3. The summed E-state index contributed by atoms with van der Waals surface area (Å²) in [6.07, 6.45) is 4.45. The Balaban J connectivity index is 1.71. The van der Waals surface area contributed by atoms with Crippen molar-refractivity contribution in [2.24, 2.45) is 16.8 Å². The van der Waals surface area contributed by atoms with Gasteiger partial charge in [-0.3, -0.25) is 14.6 Å². The number of para-hydroxylation sites is 1. The minimum atomic E-state index is -0.557. The van der Waals surface area contributed by atoms with Gasteiger partial charge in [-0.15, -0.1) is 0 Å². The number of halogens is 1. The average molecular weight is 605 g/mol. The van der Waals surface area contributed by atoms with E-state index in [0.29, 0.717) is 40.3 Å². The Labute approximate surface area is 244 Å². The van der Waals surface area contributed by atoms with Crippen LogP contribution in [-0.2, 0) is 16.2 Å². The van der Waals surface area contributed by atoms with Crippen LogP contribution in [0.15, 0.2) is 69.8 Å². The minimum absolute atomic E-state index is 0.0776. The zero-order valence-electron chi connectivity index (χ0n) is 23.1. The van der Waals surface area contributed by atoms with Gasteiger partial charge in [0.15, 0.2) is 17.3 Å². The van der Waals surface area contributed by atoms with E-state index in [-0.39, 0.29) is 24.2 Å². The van der Waals surface area contributed by atoms with E-state index in [0.717, 1.165) is 41.8 Å². The van der Waals surface area contributed by atoms with E-state index in [1.165, 1.54) is 6.08 Å². The Bertz CT molecular complexity index is 1420. The molecule has 2 aromatic rings. The first kappa shape index (κ1) is 29.3. The lowest BCUT2D eigenvalue weighted by Crippen LogP contribution is -2.32. The van der Waals surface area contributed by atoms with E-state index in [4.69, 9.17) is 14.5 Å². The number of Topliss-reactive ketones (excluding diaryl/α,β-unsaturated/α-hetero) is 1. The molecule has 7 nitrogen and oxygen atoms in total. The molecule has 0 fully saturated rings. The SMILES string of the molecule is C=CC(=O)Nc1ccccc1COc1c(Br)cc(C2C3=C(CC(CCC)CC3=O)N=C(C)C2C#N)cc1OCC. The Morgan fingerprint density at radius 1 is 1.25 bits per heavy atom. The molecule has 2 aliphatic rings. The maximum atomic E-state index is 13.5. The number of aliphatic imine (C=N–C) groups is 1. The number of ether oxygens (including phenoxy) is 2. The summed E-state index contributed by atoms with van der Waals surface area (Å²) in [4.78, 5) is 30.1. The van der Waals surface area contributed by atoms with Gasteiger partial charge in [0.25, 0.3) is 0 Å². The van der Waals surface area contributed by atoms with E-state index >= 15 is 0 Å². The molecule has 40 heavy (non-hydrogen) atoms. The molecular weight excluding hydrogens is 570 g/mol. The van der Waals surface area contributed by atoms with Crippen LogP contribution < -0.4 is 14.8 Å². The van der Waals surface area contributed by atoms with Gasteiger partial charge in [0.05, 0.1) is 23.1 Å². The summed E-state index contributed by atoms with van der Waals surface area (Å²) < 4.78 is 12.9. The normalized spacial score (nSPS) is 20.2. The summed E-state index contributed by atoms with van der Waals surface area (Å²) in [5.41, 5.74) is 4.41. The average Bonchev–Trinajstić information content (AvgIpc) is 2.92. The number of benzene rings is 2. The highest BCUT2D eigenvalue weighted by atomic mass is 79.9.